The molecule has 17 heavy (non-hydrogen) atoms. The number of halogens is 3. The Labute approximate surface area is 121 Å². The molecule has 88 valence electrons. The van der Waals surface area contributed by atoms with E-state index in [4.69, 9.17) is 11.6 Å². The summed E-state index contributed by atoms with van der Waals surface area (Å²) in [5.41, 5.74) is 0.961. The van der Waals surface area contributed by atoms with Gasteiger partial charge in [0, 0.05) is 17.4 Å². The first-order valence-electron chi connectivity index (χ1n) is 4.78. The lowest BCUT2D eigenvalue weighted by Gasteiger charge is -2.02. The first-order valence-corrected chi connectivity index (χ1v) is 7.11. The van der Waals surface area contributed by atoms with Crippen LogP contribution in [-0.2, 0) is 6.42 Å². The predicted molar refractivity (Wildman–Crippen MR) is 76.5 cm³/mol. The van der Waals surface area contributed by atoms with E-state index in [9.17, 15) is 9.18 Å². The van der Waals surface area contributed by atoms with Crippen molar-refractivity contribution >= 4 is 51.3 Å². The summed E-state index contributed by atoms with van der Waals surface area (Å²) in [6.07, 6.45) is 0.0409. The minimum Gasteiger partial charge on any atom is -0.294 e. The molecule has 0 radical (unpaired) electrons. The van der Waals surface area contributed by atoms with Crippen LogP contribution in [0.1, 0.15) is 15.9 Å². The highest BCUT2D eigenvalue weighted by Crippen LogP contribution is 2.21. The SMILES string of the molecule is O=C(Cc1cccc(Cl)c1F)c1csc(I)c1. The van der Waals surface area contributed by atoms with Gasteiger partial charge in [-0.2, -0.15) is 0 Å². The van der Waals surface area contributed by atoms with E-state index in [1.807, 2.05) is 0 Å². The second kappa shape index (κ2) is 5.46. The van der Waals surface area contributed by atoms with Crippen LogP contribution in [0.3, 0.4) is 0 Å². The first-order chi connectivity index (χ1) is 8.08. The summed E-state index contributed by atoms with van der Waals surface area (Å²) >= 11 is 9.31. The van der Waals surface area contributed by atoms with Gasteiger partial charge < -0.3 is 0 Å². The van der Waals surface area contributed by atoms with Gasteiger partial charge in [0.05, 0.1) is 7.91 Å². The smallest absolute Gasteiger partial charge is 0.168 e. The summed E-state index contributed by atoms with van der Waals surface area (Å²) in [5, 5.41) is 1.84. The molecule has 1 aromatic carbocycles. The number of hydrogen-bond acceptors (Lipinski definition) is 2. The van der Waals surface area contributed by atoms with Gasteiger partial charge >= 0.3 is 0 Å². The molecule has 1 nitrogen and oxygen atoms in total. The highest BCUT2D eigenvalue weighted by atomic mass is 127. The monoisotopic (exact) mass is 380 g/mol. The van der Waals surface area contributed by atoms with Crippen molar-refractivity contribution in [1.82, 2.24) is 0 Å². The number of Topliss-reactive ketones (excluding diaryl/α,β-unsaturated/α-hetero) is 1. The van der Waals surface area contributed by atoms with Crippen molar-refractivity contribution in [1.29, 1.82) is 0 Å². The van der Waals surface area contributed by atoms with E-state index in [0.29, 0.717) is 11.1 Å². The van der Waals surface area contributed by atoms with Crippen molar-refractivity contribution < 1.29 is 9.18 Å². The molecule has 0 bridgehead atoms. The molecule has 0 saturated heterocycles. The van der Waals surface area contributed by atoms with Gasteiger partial charge in [0.25, 0.3) is 0 Å². The Morgan fingerprint density at radius 2 is 2.24 bits per heavy atom. The Morgan fingerprint density at radius 1 is 1.47 bits per heavy atom. The summed E-state index contributed by atoms with van der Waals surface area (Å²) < 4.78 is 14.6. The summed E-state index contributed by atoms with van der Waals surface area (Å²) in [6.45, 7) is 0. The minimum absolute atomic E-state index is 0.0409. The van der Waals surface area contributed by atoms with Crippen LogP contribution in [0.25, 0.3) is 0 Å². The van der Waals surface area contributed by atoms with Crippen LogP contribution in [0.15, 0.2) is 29.6 Å². The Hall–Kier alpha value is -0.460. The maximum absolute atomic E-state index is 13.6. The normalized spacial score (nSPS) is 10.5. The van der Waals surface area contributed by atoms with E-state index in [2.05, 4.69) is 22.6 Å². The molecule has 0 unspecified atom stereocenters. The zero-order valence-electron chi connectivity index (χ0n) is 8.54. The maximum Gasteiger partial charge on any atom is 0.168 e. The van der Waals surface area contributed by atoms with Gasteiger partial charge in [-0.15, -0.1) is 11.3 Å². The molecule has 0 spiro atoms. The molecule has 0 aliphatic rings. The van der Waals surface area contributed by atoms with Crippen molar-refractivity contribution in [3.63, 3.8) is 0 Å². The fourth-order valence-corrected chi connectivity index (χ4v) is 2.96. The summed E-state index contributed by atoms with van der Waals surface area (Å²) in [5.74, 6) is -0.599. The van der Waals surface area contributed by atoms with E-state index in [1.54, 1.807) is 23.6 Å². The molecule has 2 aromatic rings. The zero-order valence-corrected chi connectivity index (χ0v) is 12.3. The van der Waals surface area contributed by atoms with E-state index in [0.717, 1.165) is 2.88 Å². The Morgan fingerprint density at radius 3 is 2.88 bits per heavy atom. The number of thiophene rings is 1. The van der Waals surface area contributed by atoms with Gasteiger partial charge in [0.1, 0.15) is 5.82 Å². The molecular formula is C12H7ClFIOS. The molecule has 5 heteroatoms. The molecule has 0 atom stereocenters. The largest absolute Gasteiger partial charge is 0.294 e. The molecule has 2 rings (SSSR count). The van der Waals surface area contributed by atoms with Gasteiger partial charge in [0.2, 0.25) is 0 Å². The Kier molecular flexibility index (Phi) is 4.17. The molecule has 0 N–H and O–H groups in total. The van der Waals surface area contributed by atoms with Crippen LogP contribution >= 0.6 is 45.5 Å². The van der Waals surface area contributed by atoms with Crippen molar-refractivity contribution in [2.75, 3.05) is 0 Å². The maximum atomic E-state index is 13.6. The molecule has 1 aromatic heterocycles. The van der Waals surface area contributed by atoms with Crippen LogP contribution in [0.5, 0.6) is 0 Å². The second-order valence-corrected chi connectivity index (χ2v) is 6.67. The lowest BCUT2D eigenvalue weighted by Crippen LogP contribution is -2.04. The van der Waals surface area contributed by atoms with Gasteiger partial charge in [-0.05, 0) is 40.3 Å². The van der Waals surface area contributed by atoms with Crippen molar-refractivity contribution in [3.8, 4) is 0 Å². The van der Waals surface area contributed by atoms with Crippen LogP contribution in [0.4, 0.5) is 4.39 Å². The van der Waals surface area contributed by atoms with Gasteiger partial charge in [0.15, 0.2) is 5.78 Å². The Bertz CT molecular complexity index is 567. The fraction of sp³-hybridized carbons (Fsp3) is 0.0833. The van der Waals surface area contributed by atoms with Gasteiger partial charge in [-0.1, -0.05) is 23.7 Å². The average molecular weight is 381 g/mol. The molecule has 0 aliphatic heterocycles. The number of carbonyl (C=O) groups excluding carboxylic acids is 1. The third-order valence-corrected chi connectivity index (χ3v) is 4.35. The zero-order chi connectivity index (χ0) is 12.4. The quantitative estimate of drug-likeness (QED) is 0.563. The van der Waals surface area contributed by atoms with Crippen molar-refractivity contribution in [2.45, 2.75) is 6.42 Å². The van der Waals surface area contributed by atoms with Crippen LogP contribution in [0.2, 0.25) is 5.02 Å². The molecule has 1 heterocycles. The summed E-state index contributed by atoms with van der Waals surface area (Å²) in [7, 11) is 0. The number of rotatable bonds is 3. The number of carbonyl (C=O) groups is 1. The number of ketones is 1. The van der Waals surface area contributed by atoms with E-state index < -0.39 is 5.82 Å². The van der Waals surface area contributed by atoms with Gasteiger partial charge in [-0.3, -0.25) is 4.79 Å². The first kappa shape index (κ1) is 13.0. The average Bonchev–Trinajstić information content (AvgIpc) is 2.72. The summed E-state index contributed by atoms with van der Waals surface area (Å²) in [4.78, 5) is 11.9. The number of benzene rings is 1. The molecular weight excluding hydrogens is 374 g/mol. The van der Waals surface area contributed by atoms with E-state index >= 15 is 0 Å². The number of hydrogen-bond donors (Lipinski definition) is 0. The van der Waals surface area contributed by atoms with Crippen LogP contribution in [0, 0.1) is 8.70 Å². The lowest BCUT2D eigenvalue weighted by molar-refractivity contribution is 0.0992. The molecule has 0 amide bonds. The standard InChI is InChI=1S/C12H7ClFIOS/c13-9-3-1-2-7(12(9)14)4-10(16)8-5-11(15)17-6-8/h1-3,5-6H,4H2. The summed E-state index contributed by atoms with van der Waals surface area (Å²) in [6, 6.07) is 6.50. The minimum atomic E-state index is -0.507. The highest BCUT2D eigenvalue weighted by molar-refractivity contribution is 14.1. The van der Waals surface area contributed by atoms with E-state index in [-0.39, 0.29) is 17.2 Å². The van der Waals surface area contributed by atoms with Crippen LogP contribution in [-0.4, -0.2) is 5.78 Å². The van der Waals surface area contributed by atoms with Crippen molar-refractivity contribution in [2.24, 2.45) is 0 Å². The second-order valence-electron chi connectivity index (χ2n) is 3.45. The third kappa shape index (κ3) is 3.05. The van der Waals surface area contributed by atoms with Crippen LogP contribution < -0.4 is 0 Å². The fourth-order valence-electron chi connectivity index (χ4n) is 1.42. The molecule has 0 saturated carbocycles. The Balaban J connectivity index is 2.21. The lowest BCUT2D eigenvalue weighted by atomic mass is 10.1. The highest BCUT2D eigenvalue weighted by Gasteiger charge is 2.13. The predicted octanol–water partition coefficient (Wildman–Crippen LogP) is 4.57. The van der Waals surface area contributed by atoms with E-state index in [1.165, 1.54) is 17.4 Å². The van der Waals surface area contributed by atoms with Crippen molar-refractivity contribution in [3.05, 3.63) is 54.5 Å². The third-order valence-electron chi connectivity index (χ3n) is 2.27. The molecule has 0 aliphatic carbocycles. The topological polar surface area (TPSA) is 17.1 Å². The molecule has 0 fully saturated rings. The van der Waals surface area contributed by atoms with Gasteiger partial charge in [-0.25, -0.2) is 4.39 Å².